The van der Waals surface area contributed by atoms with Crippen LogP contribution in [-0.2, 0) is 36.0 Å². The number of aliphatic carboxylic acids is 1. The van der Waals surface area contributed by atoms with Crippen LogP contribution in [0.2, 0.25) is 15.1 Å². The van der Waals surface area contributed by atoms with E-state index >= 15 is 0 Å². The number of benzene rings is 2. The van der Waals surface area contributed by atoms with Crippen molar-refractivity contribution >= 4 is 114 Å². The van der Waals surface area contributed by atoms with Gasteiger partial charge in [-0.25, -0.2) is 26.8 Å². The molecule has 3 unspecified atom stereocenters. The Balaban J connectivity index is 0.000000201. The maximum atomic E-state index is 12.3. The molecule has 8 aromatic rings. The fourth-order valence-electron chi connectivity index (χ4n) is 7.35. The molecule has 0 bridgehead atoms. The van der Waals surface area contributed by atoms with Gasteiger partial charge < -0.3 is 24.9 Å². The Kier molecular flexibility index (Phi) is 18.7. The molecule has 3 atom stereocenters. The van der Waals surface area contributed by atoms with Crippen LogP contribution in [0.25, 0.3) is 16.9 Å². The van der Waals surface area contributed by atoms with E-state index in [2.05, 4.69) is 50.6 Å². The lowest BCUT2D eigenvalue weighted by molar-refractivity contribution is -0.141. The molecule has 0 saturated carbocycles. The quantitative estimate of drug-likeness (QED) is 0.0710. The number of aryl methyl sites for hydroxylation is 3. The summed E-state index contributed by atoms with van der Waals surface area (Å²) in [5.74, 6) is -0.828. The van der Waals surface area contributed by atoms with Crippen molar-refractivity contribution in [1.82, 2.24) is 64.3 Å². The lowest BCUT2D eigenvalue weighted by atomic mass is 10.1. The number of carboxylic acids is 2. The molecule has 0 saturated heterocycles. The average Bonchev–Trinajstić information content (AvgIpc) is 4.20. The Bertz CT molecular complexity index is 3490. The number of rotatable bonds is 14. The van der Waals surface area contributed by atoms with Gasteiger partial charge >= 0.3 is 23.5 Å². The molecule has 6 aromatic heterocycles. The molecule has 0 aliphatic heterocycles. The first-order chi connectivity index (χ1) is 34.7. The maximum Gasteiger partial charge on any atom is 0.335 e. The monoisotopic (exact) mass is 1120 g/mol. The summed E-state index contributed by atoms with van der Waals surface area (Å²) in [7, 11) is 0.247. The molecule has 396 valence electrons. The van der Waals surface area contributed by atoms with E-state index in [0.717, 1.165) is 34.8 Å². The summed E-state index contributed by atoms with van der Waals surface area (Å²) in [6.07, 6.45) is 0.871. The molecular weight excluding hydrogens is 1070 g/mol. The number of aromatic amines is 3. The Morgan fingerprint density at radius 1 is 0.689 bits per heavy atom. The highest BCUT2D eigenvalue weighted by molar-refractivity contribution is 7.92. The van der Waals surface area contributed by atoms with Gasteiger partial charge in [0.15, 0.2) is 34.4 Å². The van der Waals surface area contributed by atoms with Gasteiger partial charge in [0, 0.05) is 44.5 Å². The summed E-state index contributed by atoms with van der Waals surface area (Å²) in [4.78, 5) is 50.9. The number of anilines is 3. The first kappa shape index (κ1) is 57.5. The summed E-state index contributed by atoms with van der Waals surface area (Å²) in [5.41, 5.74) is 5.90. The average molecular weight is 1120 g/mol. The largest absolute Gasteiger partial charge is 0.481 e. The van der Waals surface area contributed by atoms with Crippen molar-refractivity contribution in [3.05, 3.63) is 104 Å². The number of carbonyl (C=O) groups is 4. The van der Waals surface area contributed by atoms with Crippen LogP contribution in [0.1, 0.15) is 104 Å². The van der Waals surface area contributed by atoms with Crippen LogP contribution in [0.5, 0.6) is 0 Å². The number of carbonyl (C=O) groups excluding carboxylic acids is 2. The Morgan fingerprint density at radius 3 is 1.53 bits per heavy atom. The Labute approximate surface area is 440 Å². The van der Waals surface area contributed by atoms with Crippen molar-refractivity contribution < 1.29 is 46.2 Å². The van der Waals surface area contributed by atoms with Crippen molar-refractivity contribution in [3.63, 3.8) is 0 Å². The fraction of sp³-hybridized carbons (Fsp3) is 0.349. The molecule has 0 spiro atoms. The third-order valence-corrected chi connectivity index (χ3v) is 13.3. The number of amides is 2. The minimum atomic E-state index is -3.29. The molecule has 6 N–H and O–H groups in total. The number of aromatic carboxylic acids is 1. The van der Waals surface area contributed by atoms with Crippen molar-refractivity contribution in [2.45, 2.75) is 79.4 Å². The molecule has 8 rings (SSSR count). The van der Waals surface area contributed by atoms with Crippen LogP contribution in [-0.4, -0.2) is 135 Å². The molecular formula is C43H51Cl3N16O10S2. The normalized spacial score (nSPS) is 12.3. The fourth-order valence-corrected chi connectivity index (χ4v) is 8.41. The zero-order valence-electron chi connectivity index (χ0n) is 41.2. The minimum absolute atomic E-state index is 0.0529. The second-order valence-corrected chi connectivity index (χ2v) is 19.6. The third-order valence-electron chi connectivity index (χ3n) is 11.4. The number of hydrogen-bond acceptors (Lipinski definition) is 15. The van der Waals surface area contributed by atoms with Gasteiger partial charge in [-0.1, -0.05) is 40.9 Å². The van der Waals surface area contributed by atoms with E-state index in [1.165, 1.54) is 28.9 Å². The summed E-state index contributed by atoms with van der Waals surface area (Å²) in [6.45, 7) is 12.5. The molecule has 0 fully saturated rings. The van der Waals surface area contributed by atoms with Gasteiger partial charge in [0.25, 0.3) is 0 Å². The van der Waals surface area contributed by atoms with Gasteiger partial charge in [-0.05, 0) is 84.0 Å². The van der Waals surface area contributed by atoms with E-state index in [9.17, 15) is 32.7 Å². The van der Waals surface area contributed by atoms with Crippen molar-refractivity contribution in [3.8, 4) is 0 Å². The number of nitrogens with zero attached hydrogens (tertiary/aromatic N) is 12. The molecule has 26 nitrogen and oxygen atoms in total. The van der Waals surface area contributed by atoms with Crippen molar-refractivity contribution in [1.29, 1.82) is 0 Å². The van der Waals surface area contributed by atoms with E-state index in [4.69, 9.17) is 48.3 Å². The molecule has 0 radical (unpaired) electrons. The molecule has 2 amide bonds. The van der Waals surface area contributed by atoms with Crippen LogP contribution in [0.3, 0.4) is 0 Å². The van der Waals surface area contributed by atoms with E-state index in [-0.39, 0.29) is 42.3 Å². The smallest absolute Gasteiger partial charge is 0.335 e. The molecule has 31 heteroatoms. The van der Waals surface area contributed by atoms with Gasteiger partial charge in [0.1, 0.15) is 15.1 Å². The predicted molar refractivity (Wildman–Crippen MR) is 275 cm³/mol. The highest BCUT2D eigenvalue weighted by Gasteiger charge is 2.28. The molecule has 6 heterocycles. The number of sulfonamides is 1. The van der Waals surface area contributed by atoms with Crippen LogP contribution in [0.4, 0.5) is 17.1 Å². The number of aromatic nitrogens is 12. The summed E-state index contributed by atoms with van der Waals surface area (Å²) in [5, 5.41) is 53.2. The maximum absolute atomic E-state index is 12.3. The van der Waals surface area contributed by atoms with Gasteiger partial charge in [-0.3, -0.25) is 34.4 Å². The SMILES string of the molecule is CC(=O)N(c1cccc(C(=O)O)c1)C(C)c1nnc2c(Cl)c(C)[nH]n12.Cc1[nH]n2c(C(C)N(C)C(=O)CCC(=O)O)nnc2c1Cl.Cc1[nH]n2c(C(C)N(C)c3ccc(NS(C)(=O)=O)cc3)nnc2c1Cl.O=S=O. The van der Waals surface area contributed by atoms with E-state index < -0.39 is 39.6 Å². The number of nitrogens with one attached hydrogen (secondary N) is 4. The van der Waals surface area contributed by atoms with Crippen molar-refractivity contribution in [2.24, 2.45) is 0 Å². The van der Waals surface area contributed by atoms with E-state index in [1.54, 1.807) is 58.7 Å². The molecule has 74 heavy (non-hydrogen) atoms. The number of carboxylic acid groups (broad SMARTS) is 2. The second-order valence-electron chi connectivity index (χ2n) is 16.6. The third kappa shape index (κ3) is 13.0. The summed E-state index contributed by atoms with van der Waals surface area (Å²) >= 11 is 17.7. The van der Waals surface area contributed by atoms with Gasteiger partial charge in [-0.15, -0.1) is 30.6 Å². The minimum Gasteiger partial charge on any atom is -0.481 e. The molecule has 0 aliphatic carbocycles. The first-order valence-corrected chi connectivity index (χ1v) is 25.5. The highest BCUT2D eigenvalue weighted by Crippen LogP contribution is 2.31. The van der Waals surface area contributed by atoms with Gasteiger partial charge in [-0.2, -0.15) is 8.42 Å². The standard InChI is InChI=1S/C16H16ClN5O3.C15H19ClN6O2S.C12H16ClN5O3.O2S/c1-8-13(17)15-19-18-14(22(15)20-8)9(2)21(10(3)23)12-6-4-5-11(7-12)16(24)25;1-9-13(16)15-18-17-14(22(15)19-9)10(2)21(3)12-7-5-11(6-8-12)20-25(4,23)24;1-6-10(13)12-15-14-11(18(12)16-6)7(2)17(3)8(19)4-5-9(20)21;1-3-2/h4-7,9,20H,1-3H3,(H,24,25);5-8,10,19-20H,1-4H3;7,16H,4-5H2,1-3H3,(H,20,21);. The number of hydrogen-bond donors (Lipinski definition) is 6. The summed E-state index contributed by atoms with van der Waals surface area (Å²) in [6, 6.07) is 12.4. The number of halogens is 3. The zero-order chi connectivity index (χ0) is 55.1. The Hall–Kier alpha value is -7.40. The lowest BCUT2D eigenvalue weighted by Gasteiger charge is -2.27. The lowest BCUT2D eigenvalue weighted by Crippen LogP contribution is -2.32. The van der Waals surface area contributed by atoms with E-state index in [0.29, 0.717) is 55.0 Å². The zero-order valence-corrected chi connectivity index (χ0v) is 45.1. The summed E-state index contributed by atoms with van der Waals surface area (Å²) < 4.78 is 46.6. The molecule has 0 aliphatic rings. The van der Waals surface area contributed by atoms with Gasteiger partial charge in [0.2, 0.25) is 21.8 Å². The van der Waals surface area contributed by atoms with Crippen LogP contribution in [0.15, 0.2) is 48.5 Å². The number of fused-ring (bicyclic) bond motifs is 3. The Morgan fingerprint density at radius 2 is 1.12 bits per heavy atom. The van der Waals surface area contributed by atoms with Crippen LogP contribution in [0, 0.1) is 20.8 Å². The highest BCUT2D eigenvalue weighted by atomic mass is 35.5. The first-order valence-electron chi connectivity index (χ1n) is 21.8. The topological polar surface area (TPSA) is 337 Å². The second kappa shape index (κ2) is 24.1. The van der Waals surface area contributed by atoms with Crippen molar-refractivity contribution in [2.75, 3.05) is 34.9 Å². The van der Waals surface area contributed by atoms with Crippen LogP contribution >= 0.6 is 34.8 Å². The predicted octanol–water partition coefficient (Wildman–Crippen LogP) is 6.15. The van der Waals surface area contributed by atoms with Gasteiger partial charge in [0.05, 0.1) is 53.4 Å². The number of H-pyrrole nitrogens is 3. The molecule has 2 aromatic carbocycles. The van der Waals surface area contributed by atoms with E-state index in [1.807, 2.05) is 51.8 Å². The van der Waals surface area contributed by atoms with Crippen LogP contribution < -0.4 is 14.5 Å².